The predicted octanol–water partition coefficient (Wildman–Crippen LogP) is 2.91. The van der Waals surface area contributed by atoms with Gasteiger partial charge in [0.15, 0.2) is 0 Å². The molecule has 1 rings (SSSR count). The minimum atomic E-state index is -4.92. The van der Waals surface area contributed by atoms with Gasteiger partial charge in [-0.1, -0.05) is 0 Å². The molecule has 0 aliphatic heterocycles. The number of benzene rings is 1. The molecule has 0 spiro atoms. The summed E-state index contributed by atoms with van der Waals surface area (Å²) >= 11 is 3.75. The Morgan fingerprint density at radius 2 is 1.75 bits per heavy atom. The monoisotopic (exact) mass is 257 g/mol. The van der Waals surface area contributed by atoms with Crippen LogP contribution < -0.4 is 5.73 Å². The maximum absolute atomic E-state index is 13.2. The third-order valence-corrected chi connectivity index (χ3v) is 2.38. The number of rotatable bonds is 2. The van der Waals surface area contributed by atoms with E-state index in [0.717, 1.165) is 0 Å². The molecule has 0 amide bonds. The summed E-state index contributed by atoms with van der Waals surface area (Å²) in [5, 5.41) is 0. The minimum absolute atomic E-state index is 0.00171. The summed E-state index contributed by atoms with van der Waals surface area (Å²) in [5.74, 6) is -2.72. The van der Waals surface area contributed by atoms with Crippen molar-refractivity contribution in [2.45, 2.75) is 12.2 Å². The van der Waals surface area contributed by atoms with Crippen molar-refractivity contribution in [1.29, 1.82) is 0 Å². The summed E-state index contributed by atoms with van der Waals surface area (Å²) in [6, 6.07) is -0.382. The maximum Gasteiger partial charge on any atom is 0.419 e. The fourth-order valence-corrected chi connectivity index (χ4v) is 1.36. The summed E-state index contributed by atoms with van der Waals surface area (Å²) < 4.78 is 62.8. The molecule has 1 unspecified atom stereocenters. The fourth-order valence-electron chi connectivity index (χ4n) is 1.16. The molecule has 0 saturated heterocycles. The molecule has 0 aliphatic rings. The van der Waals surface area contributed by atoms with Crippen molar-refractivity contribution >= 4 is 12.6 Å². The molecule has 1 aromatic rings. The molecule has 2 N–H and O–H groups in total. The average molecular weight is 257 g/mol. The van der Waals surface area contributed by atoms with Gasteiger partial charge in [0.1, 0.15) is 11.6 Å². The maximum atomic E-state index is 13.2. The van der Waals surface area contributed by atoms with E-state index in [1.165, 1.54) is 0 Å². The largest absolute Gasteiger partial charge is 0.419 e. The van der Waals surface area contributed by atoms with Crippen LogP contribution >= 0.6 is 12.6 Å². The average Bonchev–Trinajstić information content (AvgIpc) is 2.18. The zero-order valence-electron chi connectivity index (χ0n) is 7.85. The quantitative estimate of drug-likeness (QED) is 0.618. The molecule has 1 atom stereocenters. The van der Waals surface area contributed by atoms with Gasteiger partial charge in [-0.3, -0.25) is 0 Å². The third kappa shape index (κ3) is 2.65. The van der Waals surface area contributed by atoms with Crippen molar-refractivity contribution in [3.8, 4) is 0 Å². The number of halogens is 5. The summed E-state index contributed by atoms with van der Waals surface area (Å²) in [5.41, 5.74) is 3.40. The van der Waals surface area contributed by atoms with Crippen molar-refractivity contribution in [1.82, 2.24) is 0 Å². The second-order valence-electron chi connectivity index (χ2n) is 3.14. The molecule has 0 heterocycles. The SMILES string of the molecule is NC(CS)c1cc(F)c(C(F)(F)F)cc1F. The van der Waals surface area contributed by atoms with E-state index in [0.29, 0.717) is 6.07 Å². The number of thiol groups is 1. The first kappa shape index (κ1) is 13.2. The Labute approximate surface area is 93.8 Å². The molecule has 7 heteroatoms. The van der Waals surface area contributed by atoms with E-state index in [-0.39, 0.29) is 17.4 Å². The summed E-state index contributed by atoms with van der Waals surface area (Å²) in [6.07, 6.45) is -4.92. The van der Waals surface area contributed by atoms with Gasteiger partial charge in [-0.05, 0) is 12.1 Å². The van der Waals surface area contributed by atoms with Gasteiger partial charge in [0, 0.05) is 17.4 Å². The Kier molecular flexibility index (Phi) is 3.80. The highest BCUT2D eigenvalue weighted by atomic mass is 32.1. The van der Waals surface area contributed by atoms with E-state index < -0.39 is 29.4 Å². The molecule has 16 heavy (non-hydrogen) atoms. The molecule has 0 saturated carbocycles. The lowest BCUT2D eigenvalue weighted by Crippen LogP contribution is -2.16. The van der Waals surface area contributed by atoms with E-state index in [1.807, 2.05) is 0 Å². The highest BCUT2D eigenvalue weighted by molar-refractivity contribution is 7.80. The van der Waals surface area contributed by atoms with Gasteiger partial charge < -0.3 is 5.73 Å². The topological polar surface area (TPSA) is 26.0 Å². The first-order chi connectivity index (χ1) is 7.27. The Morgan fingerprint density at radius 3 is 2.19 bits per heavy atom. The van der Waals surface area contributed by atoms with Crippen molar-refractivity contribution < 1.29 is 22.0 Å². The smallest absolute Gasteiger partial charge is 0.323 e. The highest BCUT2D eigenvalue weighted by Crippen LogP contribution is 2.33. The van der Waals surface area contributed by atoms with Crippen molar-refractivity contribution in [3.05, 3.63) is 34.9 Å². The molecular weight excluding hydrogens is 249 g/mol. The van der Waals surface area contributed by atoms with Gasteiger partial charge >= 0.3 is 6.18 Å². The molecule has 1 aromatic carbocycles. The Hall–Kier alpha value is -0.820. The molecule has 0 fully saturated rings. The first-order valence-electron chi connectivity index (χ1n) is 4.20. The van der Waals surface area contributed by atoms with E-state index in [2.05, 4.69) is 12.6 Å². The molecule has 0 bridgehead atoms. The molecule has 0 radical (unpaired) electrons. The second-order valence-corrected chi connectivity index (χ2v) is 3.51. The Bertz CT molecular complexity index is 390. The number of alkyl halides is 3. The van der Waals surface area contributed by atoms with E-state index in [1.54, 1.807) is 0 Å². The lowest BCUT2D eigenvalue weighted by Gasteiger charge is -2.13. The fraction of sp³-hybridized carbons (Fsp3) is 0.333. The van der Waals surface area contributed by atoms with Crippen LogP contribution in [0.4, 0.5) is 22.0 Å². The molecular formula is C9H8F5NS. The normalized spacial score (nSPS) is 13.9. The number of nitrogens with two attached hydrogens (primary N) is 1. The molecule has 0 aromatic heterocycles. The second kappa shape index (κ2) is 4.58. The van der Waals surface area contributed by atoms with Gasteiger partial charge in [-0.25, -0.2) is 8.78 Å². The van der Waals surface area contributed by atoms with Crippen LogP contribution in [-0.2, 0) is 6.18 Å². The van der Waals surface area contributed by atoms with Gasteiger partial charge in [0.2, 0.25) is 0 Å². The van der Waals surface area contributed by atoms with Gasteiger partial charge in [0.05, 0.1) is 5.56 Å². The van der Waals surface area contributed by atoms with E-state index >= 15 is 0 Å². The summed E-state index contributed by atoms with van der Waals surface area (Å²) in [6.45, 7) is 0. The number of hydrogen-bond acceptors (Lipinski definition) is 2. The standard InChI is InChI=1S/C9H8F5NS/c10-6-2-5(9(12,13)14)7(11)1-4(6)8(15)3-16/h1-2,8,16H,3,15H2. The summed E-state index contributed by atoms with van der Waals surface area (Å²) in [4.78, 5) is 0. The van der Waals surface area contributed by atoms with Crippen LogP contribution in [0.3, 0.4) is 0 Å². The van der Waals surface area contributed by atoms with Crippen LogP contribution in [0.25, 0.3) is 0 Å². The van der Waals surface area contributed by atoms with Crippen LogP contribution in [0.1, 0.15) is 17.2 Å². The highest BCUT2D eigenvalue weighted by Gasteiger charge is 2.35. The van der Waals surface area contributed by atoms with Crippen LogP contribution in [-0.4, -0.2) is 5.75 Å². The Morgan fingerprint density at radius 1 is 1.19 bits per heavy atom. The van der Waals surface area contributed by atoms with Crippen molar-refractivity contribution in [3.63, 3.8) is 0 Å². The van der Waals surface area contributed by atoms with Crippen molar-refractivity contribution in [2.75, 3.05) is 5.75 Å². The van der Waals surface area contributed by atoms with Gasteiger partial charge in [0.25, 0.3) is 0 Å². The van der Waals surface area contributed by atoms with E-state index in [9.17, 15) is 22.0 Å². The third-order valence-electron chi connectivity index (χ3n) is 1.99. The molecule has 1 nitrogen and oxygen atoms in total. The molecule has 0 aliphatic carbocycles. The Balaban J connectivity index is 3.28. The van der Waals surface area contributed by atoms with Crippen LogP contribution in [0.5, 0.6) is 0 Å². The van der Waals surface area contributed by atoms with Gasteiger partial charge in [-0.15, -0.1) is 0 Å². The number of hydrogen-bond donors (Lipinski definition) is 2. The van der Waals surface area contributed by atoms with Crippen LogP contribution in [0.15, 0.2) is 12.1 Å². The minimum Gasteiger partial charge on any atom is -0.323 e. The molecule has 90 valence electrons. The lowest BCUT2D eigenvalue weighted by atomic mass is 10.0. The predicted molar refractivity (Wildman–Crippen MR) is 52.1 cm³/mol. The first-order valence-corrected chi connectivity index (χ1v) is 4.83. The zero-order valence-corrected chi connectivity index (χ0v) is 8.75. The summed E-state index contributed by atoms with van der Waals surface area (Å²) in [7, 11) is 0. The van der Waals surface area contributed by atoms with Crippen LogP contribution in [0, 0.1) is 11.6 Å². The zero-order chi connectivity index (χ0) is 12.5. The van der Waals surface area contributed by atoms with Gasteiger partial charge in [-0.2, -0.15) is 25.8 Å². The van der Waals surface area contributed by atoms with E-state index in [4.69, 9.17) is 5.73 Å². The van der Waals surface area contributed by atoms with Crippen molar-refractivity contribution in [2.24, 2.45) is 5.73 Å². The van der Waals surface area contributed by atoms with Crippen LogP contribution in [0.2, 0.25) is 0 Å². The lowest BCUT2D eigenvalue weighted by molar-refractivity contribution is -0.140.